The van der Waals surface area contributed by atoms with Crippen LogP contribution in [0, 0.1) is 12.8 Å². The van der Waals surface area contributed by atoms with E-state index < -0.39 is 12.0 Å². The molecule has 0 spiro atoms. The monoisotopic (exact) mass is 581 g/mol. The summed E-state index contributed by atoms with van der Waals surface area (Å²) in [5, 5.41) is 18.9. The molecule has 41 heavy (non-hydrogen) atoms. The molecule has 3 rings (SSSR count). The van der Waals surface area contributed by atoms with Crippen LogP contribution in [0.1, 0.15) is 72.9 Å². The first-order chi connectivity index (χ1) is 19.9. The first-order valence-corrected chi connectivity index (χ1v) is 16.2. The molecule has 2 aromatic carbocycles. The number of amides is 1. The maximum atomic E-state index is 13.4. The lowest BCUT2D eigenvalue weighted by atomic mass is 9.85. The van der Waals surface area contributed by atoms with Crippen molar-refractivity contribution in [3.05, 3.63) is 71.1 Å². The fourth-order valence-electron chi connectivity index (χ4n) is 5.58. The molecule has 1 fully saturated rings. The zero-order valence-corrected chi connectivity index (χ0v) is 25.8. The normalized spacial score (nSPS) is 15.7. The number of hydrogen-bond donors (Lipinski definition) is 4. The average molecular weight is 582 g/mol. The first kappa shape index (κ1) is 32.5. The molecule has 1 aliphatic rings. The van der Waals surface area contributed by atoms with Crippen LogP contribution in [-0.4, -0.2) is 55.2 Å². The molecule has 224 valence electrons. The van der Waals surface area contributed by atoms with Gasteiger partial charge in [-0.15, -0.1) is 0 Å². The van der Waals surface area contributed by atoms with Crippen molar-refractivity contribution < 1.29 is 19.4 Å². The van der Waals surface area contributed by atoms with E-state index in [1.807, 2.05) is 69.9 Å². The van der Waals surface area contributed by atoms with Gasteiger partial charge >= 0.3 is 5.97 Å². The highest BCUT2D eigenvalue weighted by Gasteiger charge is 2.24. The van der Waals surface area contributed by atoms with E-state index in [9.17, 15) is 14.7 Å². The Kier molecular flexibility index (Phi) is 13.6. The Bertz CT molecular complexity index is 1160. The maximum Gasteiger partial charge on any atom is 0.326 e. The highest BCUT2D eigenvalue weighted by molar-refractivity contribution is 7.98. The molecule has 4 N–H and O–H groups in total. The van der Waals surface area contributed by atoms with Crippen molar-refractivity contribution in [1.82, 2.24) is 16.0 Å². The van der Waals surface area contributed by atoms with Crippen LogP contribution in [0.25, 0.3) is 11.1 Å². The largest absolute Gasteiger partial charge is 0.480 e. The Morgan fingerprint density at radius 2 is 1.83 bits per heavy atom. The molecule has 1 amide bonds. The molecular weight excluding hydrogens is 534 g/mol. The number of thioether (sulfide) groups is 1. The predicted octanol–water partition coefficient (Wildman–Crippen LogP) is 6.12. The highest BCUT2D eigenvalue weighted by atomic mass is 32.2. The number of likely N-dealkylation sites (N-methyl/N-ethyl adjacent to an activating group) is 1. The number of benzene rings is 2. The molecule has 2 aromatic rings. The van der Waals surface area contributed by atoms with Crippen molar-refractivity contribution in [3.63, 3.8) is 0 Å². The summed E-state index contributed by atoms with van der Waals surface area (Å²) in [6, 6.07) is 12.7. The van der Waals surface area contributed by atoms with E-state index in [1.54, 1.807) is 17.8 Å². The van der Waals surface area contributed by atoms with E-state index in [4.69, 9.17) is 4.74 Å². The van der Waals surface area contributed by atoms with Crippen molar-refractivity contribution in [2.75, 3.05) is 26.1 Å². The third-order valence-electron chi connectivity index (χ3n) is 7.93. The molecule has 0 aromatic heterocycles. The summed E-state index contributed by atoms with van der Waals surface area (Å²) in [6.07, 6.45) is 12.9. The van der Waals surface area contributed by atoms with Gasteiger partial charge in [-0.05, 0) is 78.5 Å². The van der Waals surface area contributed by atoms with Crippen molar-refractivity contribution in [2.24, 2.45) is 5.92 Å². The van der Waals surface area contributed by atoms with E-state index in [-0.39, 0.29) is 12.0 Å². The number of carbonyl (C=O) groups is 2. The van der Waals surface area contributed by atoms with Crippen LogP contribution < -0.4 is 16.0 Å². The van der Waals surface area contributed by atoms with Crippen LogP contribution in [0.15, 0.2) is 54.4 Å². The summed E-state index contributed by atoms with van der Waals surface area (Å²) in [4.78, 5) is 25.2. The number of hydrogen-bond acceptors (Lipinski definition) is 6. The van der Waals surface area contributed by atoms with Crippen LogP contribution in [0.4, 0.5) is 0 Å². The van der Waals surface area contributed by atoms with Gasteiger partial charge in [0, 0.05) is 25.9 Å². The molecule has 0 saturated heterocycles. The maximum absolute atomic E-state index is 13.4. The molecule has 0 aliphatic heterocycles. The summed E-state index contributed by atoms with van der Waals surface area (Å²) >= 11 is 1.56. The number of rotatable bonds is 16. The van der Waals surface area contributed by atoms with Gasteiger partial charge in [0.05, 0.1) is 18.4 Å². The van der Waals surface area contributed by atoms with Gasteiger partial charge in [-0.3, -0.25) is 4.79 Å². The standard InChI is InChI=1S/C33H47N3O4S/c1-23-10-8-9-13-26(23)28-20-25(14-16-27(28)32(37)36-29(33(38)39)18-19-41-4)22-40-31(30(35-3)21-34-2)17-15-24-11-6-5-7-12-24/h8-10,13-14,16,20-21,24,29,31,34-35H,5-7,11-12,15,17-19,22H2,1-4H3,(H,36,37)(H,38,39)/b30-21-/t29-,31?/m0/s1. The highest BCUT2D eigenvalue weighted by Crippen LogP contribution is 2.31. The molecule has 8 heteroatoms. The molecule has 7 nitrogen and oxygen atoms in total. The zero-order chi connectivity index (χ0) is 29.6. The minimum atomic E-state index is -1.02. The first-order valence-electron chi connectivity index (χ1n) is 14.8. The Balaban J connectivity index is 1.85. The second-order valence-electron chi connectivity index (χ2n) is 10.9. The summed E-state index contributed by atoms with van der Waals surface area (Å²) < 4.78 is 6.54. The van der Waals surface area contributed by atoms with Crippen LogP contribution in [0.3, 0.4) is 0 Å². The van der Waals surface area contributed by atoms with E-state index in [0.29, 0.717) is 24.3 Å². The number of carboxylic acid groups (broad SMARTS) is 1. The average Bonchev–Trinajstić information content (AvgIpc) is 2.98. The number of aliphatic carboxylic acids is 1. The molecule has 1 unspecified atom stereocenters. The Morgan fingerprint density at radius 3 is 2.49 bits per heavy atom. The van der Waals surface area contributed by atoms with Crippen molar-refractivity contribution in [3.8, 4) is 11.1 Å². The molecule has 1 aliphatic carbocycles. The molecule has 0 heterocycles. The minimum Gasteiger partial charge on any atom is -0.480 e. The third kappa shape index (κ3) is 9.82. The molecule has 1 saturated carbocycles. The van der Waals surface area contributed by atoms with Crippen LogP contribution in [-0.2, 0) is 16.1 Å². The molecule has 0 bridgehead atoms. The van der Waals surface area contributed by atoms with E-state index in [2.05, 4.69) is 16.0 Å². The Morgan fingerprint density at radius 1 is 1.07 bits per heavy atom. The lowest BCUT2D eigenvalue weighted by molar-refractivity contribution is -0.139. The topological polar surface area (TPSA) is 99.7 Å². The molecular formula is C33H47N3O4S. The van der Waals surface area contributed by atoms with Crippen LogP contribution in [0.5, 0.6) is 0 Å². The van der Waals surface area contributed by atoms with Crippen molar-refractivity contribution >= 4 is 23.6 Å². The smallest absolute Gasteiger partial charge is 0.326 e. The number of carbonyl (C=O) groups excluding carboxylic acids is 1. The van der Waals surface area contributed by atoms with E-state index in [1.165, 1.54) is 32.1 Å². The van der Waals surface area contributed by atoms with Gasteiger partial charge in [-0.25, -0.2) is 4.79 Å². The molecule has 2 atom stereocenters. The summed E-state index contributed by atoms with van der Waals surface area (Å²) in [7, 11) is 3.82. The number of carboxylic acids is 1. The fraction of sp³-hybridized carbons (Fsp3) is 0.515. The van der Waals surface area contributed by atoms with Gasteiger partial charge in [0.25, 0.3) is 5.91 Å². The fourth-order valence-corrected chi connectivity index (χ4v) is 6.05. The van der Waals surface area contributed by atoms with Crippen molar-refractivity contribution in [2.45, 2.75) is 77.0 Å². The van der Waals surface area contributed by atoms with Gasteiger partial charge < -0.3 is 25.8 Å². The summed E-state index contributed by atoms with van der Waals surface area (Å²) in [5.74, 6) is 0.00287. The van der Waals surface area contributed by atoms with Gasteiger partial charge in [0.15, 0.2) is 0 Å². The minimum absolute atomic E-state index is 0.0768. The molecule has 0 radical (unpaired) electrons. The quantitative estimate of drug-likeness (QED) is 0.189. The number of nitrogens with one attached hydrogen (secondary N) is 3. The Hall–Kier alpha value is -2.97. The van der Waals surface area contributed by atoms with Crippen LogP contribution >= 0.6 is 11.8 Å². The van der Waals surface area contributed by atoms with Gasteiger partial charge in [0.1, 0.15) is 6.04 Å². The summed E-state index contributed by atoms with van der Waals surface area (Å²) in [5.41, 5.74) is 5.18. The predicted molar refractivity (Wildman–Crippen MR) is 169 cm³/mol. The second kappa shape index (κ2) is 17.1. The van der Waals surface area contributed by atoms with Gasteiger partial charge in [-0.1, -0.05) is 62.4 Å². The summed E-state index contributed by atoms with van der Waals surface area (Å²) in [6.45, 7) is 2.41. The van der Waals surface area contributed by atoms with E-state index in [0.717, 1.165) is 46.7 Å². The SMILES string of the molecule is CN/C=C(\NC)C(CCC1CCCCC1)OCc1ccc(C(=O)N[C@@H](CCSC)C(=O)O)c(-c2ccccc2C)c1. The zero-order valence-electron chi connectivity index (χ0n) is 25.0. The van der Waals surface area contributed by atoms with Gasteiger partial charge in [0.2, 0.25) is 0 Å². The number of ether oxygens (including phenoxy) is 1. The third-order valence-corrected chi connectivity index (χ3v) is 8.57. The van der Waals surface area contributed by atoms with Crippen LogP contribution in [0.2, 0.25) is 0 Å². The number of aryl methyl sites for hydroxylation is 1. The van der Waals surface area contributed by atoms with E-state index >= 15 is 0 Å². The lowest BCUT2D eigenvalue weighted by Gasteiger charge is -2.26. The second-order valence-corrected chi connectivity index (χ2v) is 11.8. The lowest BCUT2D eigenvalue weighted by Crippen LogP contribution is -2.41. The van der Waals surface area contributed by atoms with Crippen molar-refractivity contribution in [1.29, 1.82) is 0 Å². The Labute approximate surface area is 249 Å². The van der Waals surface area contributed by atoms with Gasteiger partial charge in [-0.2, -0.15) is 11.8 Å².